The van der Waals surface area contributed by atoms with Crippen LogP contribution in [0.15, 0.2) is 18.5 Å². The summed E-state index contributed by atoms with van der Waals surface area (Å²) < 4.78 is 0. The fourth-order valence-electron chi connectivity index (χ4n) is 2.19. The van der Waals surface area contributed by atoms with Crippen molar-refractivity contribution < 1.29 is 4.79 Å². The lowest BCUT2D eigenvalue weighted by Crippen LogP contribution is -2.45. The van der Waals surface area contributed by atoms with Crippen LogP contribution >= 0.6 is 11.8 Å². The first kappa shape index (κ1) is 14.2. The highest BCUT2D eigenvalue weighted by Crippen LogP contribution is 2.16. The molecule has 0 bridgehead atoms. The smallest absolute Gasteiger partial charge is 0.317 e. The van der Waals surface area contributed by atoms with E-state index in [9.17, 15) is 4.79 Å². The number of rotatable bonds is 2. The zero-order chi connectivity index (χ0) is 13.7. The van der Waals surface area contributed by atoms with Gasteiger partial charge in [-0.2, -0.15) is 11.8 Å². The monoisotopic (exact) mass is 279 g/mol. The van der Waals surface area contributed by atoms with Crippen molar-refractivity contribution in [3.8, 4) is 0 Å². The van der Waals surface area contributed by atoms with E-state index in [1.807, 2.05) is 29.8 Å². The van der Waals surface area contributed by atoms with Crippen molar-refractivity contribution in [3.05, 3.63) is 29.6 Å². The first-order valence-electron chi connectivity index (χ1n) is 6.69. The number of carbonyl (C=O) groups excluding carboxylic acids is 1. The molecular formula is C14H21N3OS. The molecule has 0 radical (unpaired) electrons. The van der Waals surface area contributed by atoms with Crippen molar-refractivity contribution in [2.75, 3.05) is 18.1 Å². The predicted octanol–water partition coefficient (Wildman–Crippen LogP) is 2.43. The van der Waals surface area contributed by atoms with E-state index in [-0.39, 0.29) is 6.03 Å². The molecule has 1 aromatic rings. The summed E-state index contributed by atoms with van der Waals surface area (Å²) in [5.74, 6) is 2.18. The van der Waals surface area contributed by atoms with Crippen LogP contribution in [0.4, 0.5) is 4.79 Å². The predicted molar refractivity (Wildman–Crippen MR) is 79.3 cm³/mol. The van der Waals surface area contributed by atoms with Gasteiger partial charge >= 0.3 is 6.03 Å². The SMILES string of the molecule is Cc1cncc(CNC(=O)N2CCSCCC2C)c1. The quantitative estimate of drug-likeness (QED) is 0.904. The van der Waals surface area contributed by atoms with Crippen LogP contribution in [0.25, 0.3) is 0 Å². The summed E-state index contributed by atoms with van der Waals surface area (Å²) in [6.45, 7) is 5.51. The number of urea groups is 1. The van der Waals surface area contributed by atoms with Crippen molar-refractivity contribution in [2.45, 2.75) is 32.9 Å². The first-order chi connectivity index (χ1) is 9.16. The molecule has 1 atom stereocenters. The molecule has 1 saturated heterocycles. The van der Waals surface area contributed by atoms with E-state index in [2.05, 4.69) is 23.3 Å². The van der Waals surface area contributed by atoms with Gasteiger partial charge in [0.25, 0.3) is 0 Å². The number of hydrogen-bond donors (Lipinski definition) is 1. The van der Waals surface area contributed by atoms with E-state index in [1.165, 1.54) is 0 Å². The van der Waals surface area contributed by atoms with Gasteiger partial charge in [0.15, 0.2) is 0 Å². The van der Waals surface area contributed by atoms with Crippen LogP contribution in [0.3, 0.4) is 0 Å². The number of aromatic nitrogens is 1. The number of carbonyl (C=O) groups is 1. The molecule has 0 aliphatic carbocycles. The largest absolute Gasteiger partial charge is 0.334 e. The molecule has 1 aliphatic heterocycles. The van der Waals surface area contributed by atoms with Crippen LogP contribution in [0.5, 0.6) is 0 Å². The Morgan fingerprint density at radius 3 is 3.16 bits per heavy atom. The van der Waals surface area contributed by atoms with E-state index >= 15 is 0 Å². The highest BCUT2D eigenvalue weighted by atomic mass is 32.2. The maximum absolute atomic E-state index is 12.2. The molecule has 2 amide bonds. The lowest BCUT2D eigenvalue weighted by Gasteiger charge is -2.27. The van der Waals surface area contributed by atoms with Crippen LogP contribution in [-0.4, -0.2) is 40.0 Å². The Labute approximate surface area is 119 Å². The molecule has 19 heavy (non-hydrogen) atoms. The number of amides is 2. The number of thioether (sulfide) groups is 1. The Kier molecular flexibility index (Phi) is 5.07. The summed E-state index contributed by atoms with van der Waals surface area (Å²) in [6.07, 6.45) is 4.69. The van der Waals surface area contributed by atoms with Gasteiger partial charge in [0.05, 0.1) is 0 Å². The molecule has 5 heteroatoms. The highest BCUT2D eigenvalue weighted by Gasteiger charge is 2.21. The van der Waals surface area contributed by atoms with Gasteiger partial charge in [0, 0.05) is 37.3 Å². The van der Waals surface area contributed by atoms with Gasteiger partial charge in [-0.1, -0.05) is 6.07 Å². The van der Waals surface area contributed by atoms with Crippen LogP contribution in [0, 0.1) is 6.92 Å². The Hall–Kier alpha value is -1.23. The van der Waals surface area contributed by atoms with E-state index in [0.717, 1.165) is 35.6 Å². The molecule has 1 aliphatic rings. The molecule has 1 N–H and O–H groups in total. The van der Waals surface area contributed by atoms with Crippen LogP contribution in [0.1, 0.15) is 24.5 Å². The average molecular weight is 279 g/mol. The number of pyridine rings is 1. The molecule has 0 saturated carbocycles. The molecule has 4 nitrogen and oxygen atoms in total. The van der Waals surface area contributed by atoms with Gasteiger partial charge in [0.2, 0.25) is 0 Å². The fraction of sp³-hybridized carbons (Fsp3) is 0.571. The number of aryl methyl sites for hydroxylation is 1. The average Bonchev–Trinajstić information content (AvgIpc) is 2.61. The van der Waals surface area contributed by atoms with Gasteiger partial charge in [-0.25, -0.2) is 4.79 Å². The summed E-state index contributed by atoms with van der Waals surface area (Å²) in [5, 5.41) is 2.99. The van der Waals surface area contributed by atoms with E-state index < -0.39 is 0 Å². The molecule has 104 valence electrons. The maximum Gasteiger partial charge on any atom is 0.317 e. The van der Waals surface area contributed by atoms with Crippen molar-refractivity contribution in [1.82, 2.24) is 15.2 Å². The first-order valence-corrected chi connectivity index (χ1v) is 7.85. The Bertz CT molecular complexity index is 438. The minimum absolute atomic E-state index is 0.0384. The molecule has 2 heterocycles. The standard InChI is InChI=1S/C14H21N3OS/c1-11-7-13(9-15-8-11)10-16-14(18)17-4-6-19-5-3-12(17)2/h7-9,12H,3-6,10H2,1-2H3,(H,16,18). The van der Waals surface area contributed by atoms with Crippen molar-refractivity contribution in [3.63, 3.8) is 0 Å². The maximum atomic E-state index is 12.2. The Morgan fingerprint density at radius 1 is 1.53 bits per heavy atom. The van der Waals surface area contributed by atoms with E-state index in [4.69, 9.17) is 0 Å². The normalized spacial score (nSPS) is 19.9. The zero-order valence-corrected chi connectivity index (χ0v) is 12.4. The Morgan fingerprint density at radius 2 is 2.37 bits per heavy atom. The third-order valence-corrected chi connectivity index (χ3v) is 4.32. The summed E-state index contributed by atoms with van der Waals surface area (Å²) in [4.78, 5) is 18.3. The van der Waals surface area contributed by atoms with E-state index in [1.54, 1.807) is 6.20 Å². The van der Waals surface area contributed by atoms with Crippen LogP contribution in [0.2, 0.25) is 0 Å². The Balaban J connectivity index is 1.89. The van der Waals surface area contributed by atoms with Crippen LogP contribution < -0.4 is 5.32 Å². The second-order valence-electron chi connectivity index (χ2n) is 4.97. The van der Waals surface area contributed by atoms with Gasteiger partial charge in [-0.05, 0) is 37.1 Å². The fourth-order valence-corrected chi connectivity index (χ4v) is 3.23. The molecule has 0 aromatic carbocycles. The van der Waals surface area contributed by atoms with Gasteiger partial charge in [-0.3, -0.25) is 4.98 Å². The van der Waals surface area contributed by atoms with Crippen molar-refractivity contribution >= 4 is 17.8 Å². The lowest BCUT2D eigenvalue weighted by atomic mass is 10.2. The number of nitrogens with one attached hydrogen (secondary N) is 1. The van der Waals surface area contributed by atoms with Gasteiger partial charge in [-0.15, -0.1) is 0 Å². The van der Waals surface area contributed by atoms with E-state index in [0.29, 0.717) is 12.6 Å². The topological polar surface area (TPSA) is 45.2 Å². The summed E-state index contributed by atoms with van der Waals surface area (Å²) in [6, 6.07) is 2.41. The van der Waals surface area contributed by atoms with Crippen molar-refractivity contribution in [2.24, 2.45) is 0 Å². The minimum Gasteiger partial charge on any atom is -0.334 e. The molecular weight excluding hydrogens is 258 g/mol. The number of hydrogen-bond acceptors (Lipinski definition) is 3. The molecule has 1 unspecified atom stereocenters. The third kappa shape index (κ3) is 4.13. The minimum atomic E-state index is 0.0384. The van der Waals surface area contributed by atoms with Crippen molar-refractivity contribution in [1.29, 1.82) is 0 Å². The molecule has 1 aromatic heterocycles. The molecule has 0 spiro atoms. The summed E-state index contributed by atoms with van der Waals surface area (Å²) in [5.41, 5.74) is 2.16. The molecule has 1 fully saturated rings. The lowest BCUT2D eigenvalue weighted by molar-refractivity contribution is 0.182. The van der Waals surface area contributed by atoms with Gasteiger partial charge in [0.1, 0.15) is 0 Å². The second kappa shape index (κ2) is 6.80. The van der Waals surface area contributed by atoms with Gasteiger partial charge < -0.3 is 10.2 Å². The third-order valence-electron chi connectivity index (χ3n) is 3.32. The summed E-state index contributed by atoms with van der Waals surface area (Å²) in [7, 11) is 0. The zero-order valence-electron chi connectivity index (χ0n) is 11.6. The highest BCUT2D eigenvalue weighted by molar-refractivity contribution is 7.99. The number of nitrogens with zero attached hydrogens (tertiary/aromatic N) is 2. The molecule has 2 rings (SSSR count). The second-order valence-corrected chi connectivity index (χ2v) is 6.20. The van der Waals surface area contributed by atoms with Crippen LogP contribution in [-0.2, 0) is 6.54 Å². The summed E-state index contributed by atoms with van der Waals surface area (Å²) >= 11 is 1.93.